The highest BCUT2D eigenvalue weighted by Crippen LogP contribution is 2.24. The summed E-state index contributed by atoms with van der Waals surface area (Å²) in [6.45, 7) is 6.36. The van der Waals surface area contributed by atoms with E-state index in [1.165, 1.54) is 37.1 Å². The van der Waals surface area contributed by atoms with Crippen LogP contribution in [0.15, 0.2) is 29.3 Å². The van der Waals surface area contributed by atoms with Gasteiger partial charge in [-0.2, -0.15) is 0 Å². The predicted octanol–water partition coefficient (Wildman–Crippen LogP) is 1.96. The Morgan fingerprint density at radius 3 is 2.29 bits per heavy atom. The van der Waals surface area contributed by atoms with Gasteiger partial charge in [-0.15, -0.1) is 24.0 Å². The van der Waals surface area contributed by atoms with Crippen LogP contribution in [-0.2, 0) is 13.1 Å². The van der Waals surface area contributed by atoms with Crippen LogP contribution in [0.1, 0.15) is 24.0 Å². The normalized spacial score (nSPS) is 19.8. The van der Waals surface area contributed by atoms with Crippen molar-refractivity contribution in [2.45, 2.75) is 32.0 Å². The van der Waals surface area contributed by atoms with Crippen LogP contribution in [0.4, 0.5) is 0 Å². The Morgan fingerprint density at radius 1 is 1.12 bits per heavy atom. The van der Waals surface area contributed by atoms with Gasteiger partial charge in [-0.3, -0.25) is 4.90 Å². The Balaban J connectivity index is 0.00000208. The summed E-state index contributed by atoms with van der Waals surface area (Å²) in [7, 11) is 4.23. The molecule has 1 aliphatic carbocycles. The van der Waals surface area contributed by atoms with Crippen LogP contribution in [0.2, 0.25) is 0 Å². The first-order valence-electron chi connectivity index (χ1n) is 8.63. The molecule has 1 aliphatic heterocycles. The van der Waals surface area contributed by atoms with E-state index in [4.69, 9.17) is 5.73 Å². The Hall–Kier alpha value is -0.860. The summed E-state index contributed by atoms with van der Waals surface area (Å²) < 4.78 is 0. The minimum Gasteiger partial charge on any atom is -0.370 e. The van der Waals surface area contributed by atoms with Crippen molar-refractivity contribution >= 4 is 29.9 Å². The standard InChI is InChI=1S/C18H29N5.HI/c1-21-9-11-23(12-10-21)14-16-5-3-15(4-6-16)13-20-18(19)22(2)17-7-8-17;/h3-6,17H,7-14H2,1-2H3,(H2,19,20);1H. The zero-order valence-electron chi connectivity index (χ0n) is 14.8. The maximum absolute atomic E-state index is 6.04. The molecule has 0 unspecified atom stereocenters. The van der Waals surface area contributed by atoms with Gasteiger partial charge >= 0.3 is 0 Å². The molecule has 3 rings (SSSR count). The predicted molar refractivity (Wildman–Crippen MR) is 111 cm³/mol. The Bertz CT molecular complexity index is 533. The molecule has 1 aromatic rings. The lowest BCUT2D eigenvalue weighted by atomic mass is 10.1. The van der Waals surface area contributed by atoms with Gasteiger partial charge < -0.3 is 15.5 Å². The van der Waals surface area contributed by atoms with E-state index in [0.29, 0.717) is 18.5 Å². The van der Waals surface area contributed by atoms with Gasteiger partial charge in [0.05, 0.1) is 6.54 Å². The van der Waals surface area contributed by atoms with Crippen molar-refractivity contribution in [1.29, 1.82) is 0 Å². The third-order valence-electron chi connectivity index (χ3n) is 4.90. The summed E-state index contributed by atoms with van der Waals surface area (Å²) >= 11 is 0. The lowest BCUT2D eigenvalue weighted by molar-refractivity contribution is 0.148. The number of likely N-dealkylation sites (N-methyl/N-ethyl adjacent to an activating group) is 1. The van der Waals surface area contributed by atoms with Crippen molar-refractivity contribution < 1.29 is 0 Å². The van der Waals surface area contributed by atoms with Crippen molar-refractivity contribution in [2.24, 2.45) is 10.7 Å². The van der Waals surface area contributed by atoms with Crippen LogP contribution in [0.25, 0.3) is 0 Å². The molecule has 0 amide bonds. The maximum atomic E-state index is 6.04. The number of aliphatic imine (C=N–C) groups is 1. The fraction of sp³-hybridized carbons (Fsp3) is 0.611. The molecule has 1 aromatic carbocycles. The van der Waals surface area contributed by atoms with Crippen molar-refractivity contribution in [3.05, 3.63) is 35.4 Å². The molecule has 0 spiro atoms. The molecule has 1 saturated heterocycles. The second-order valence-electron chi connectivity index (χ2n) is 6.91. The fourth-order valence-electron chi connectivity index (χ4n) is 2.95. The Kier molecular flexibility index (Phi) is 7.31. The number of halogens is 1. The second-order valence-corrected chi connectivity index (χ2v) is 6.91. The van der Waals surface area contributed by atoms with Crippen LogP contribution in [0.5, 0.6) is 0 Å². The van der Waals surface area contributed by atoms with Gasteiger partial charge in [0.2, 0.25) is 0 Å². The summed E-state index contributed by atoms with van der Waals surface area (Å²) in [5.41, 5.74) is 8.64. The largest absolute Gasteiger partial charge is 0.370 e. The highest BCUT2D eigenvalue weighted by atomic mass is 127. The molecule has 2 aliphatic rings. The number of benzene rings is 1. The number of guanidine groups is 1. The van der Waals surface area contributed by atoms with E-state index in [1.54, 1.807) is 0 Å². The first kappa shape index (κ1) is 19.5. The second kappa shape index (κ2) is 9.01. The zero-order chi connectivity index (χ0) is 16.2. The molecule has 2 N–H and O–H groups in total. The van der Waals surface area contributed by atoms with E-state index in [9.17, 15) is 0 Å². The van der Waals surface area contributed by atoms with E-state index >= 15 is 0 Å². The van der Waals surface area contributed by atoms with Crippen LogP contribution in [0.3, 0.4) is 0 Å². The molecule has 0 bridgehead atoms. The van der Waals surface area contributed by atoms with E-state index in [0.717, 1.165) is 19.6 Å². The average molecular weight is 443 g/mol. The third-order valence-corrected chi connectivity index (χ3v) is 4.90. The van der Waals surface area contributed by atoms with Crippen molar-refractivity contribution in [3.8, 4) is 0 Å². The van der Waals surface area contributed by atoms with Crippen LogP contribution in [-0.4, -0.2) is 67.0 Å². The lowest BCUT2D eigenvalue weighted by Crippen LogP contribution is -2.43. The summed E-state index contributed by atoms with van der Waals surface area (Å²) in [5.74, 6) is 0.661. The minimum absolute atomic E-state index is 0. The number of hydrogen-bond donors (Lipinski definition) is 1. The maximum Gasteiger partial charge on any atom is 0.191 e. The summed E-state index contributed by atoms with van der Waals surface area (Å²) in [5, 5.41) is 0. The highest BCUT2D eigenvalue weighted by Gasteiger charge is 2.27. The van der Waals surface area contributed by atoms with Crippen molar-refractivity contribution in [3.63, 3.8) is 0 Å². The van der Waals surface area contributed by atoms with E-state index in [2.05, 4.69) is 51.0 Å². The number of hydrogen-bond acceptors (Lipinski definition) is 3. The number of piperazine rings is 1. The molecular weight excluding hydrogens is 413 g/mol. The van der Waals surface area contributed by atoms with Gasteiger partial charge in [-0.05, 0) is 31.0 Å². The first-order chi connectivity index (χ1) is 11.1. The molecule has 5 nitrogen and oxygen atoms in total. The van der Waals surface area contributed by atoms with Crippen LogP contribution in [0, 0.1) is 0 Å². The average Bonchev–Trinajstić information content (AvgIpc) is 3.40. The number of nitrogens with two attached hydrogens (primary N) is 1. The van der Waals surface area contributed by atoms with Gasteiger partial charge in [0.15, 0.2) is 5.96 Å². The molecule has 6 heteroatoms. The van der Waals surface area contributed by atoms with Crippen molar-refractivity contribution in [2.75, 3.05) is 40.3 Å². The van der Waals surface area contributed by atoms with E-state index in [1.807, 2.05) is 7.05 Å². The summed E-state index contributed by atoms with van der Waals surface area (Å²) in [6.07, 6.45) is 2.49. The molecule has 0 radical (unpaired) electrons. The van der Waals surface area contributed by atoms with E-state index < -0.39 is 0 Å². The summed E-state index contributed by atoms with van der Waals surface area (Å²) in [6, 6.07) is 9.43. The Labute approximate surface area is 162 Å². The highest BCUT2D eigenvalue weighted by molar-refractivity contribution is 14.0. The van der Waals surface area contributed by atoms with Crippen LogP contribution < -0.4 is 5.73 Å². The van der Waals surface area contributed by atoms with Crippen molar-refractivity contribution in [1.82, 2.24) is 14.7 Å². The van der Waals surface area contributed by atoms with E-state index in [-0.39, 0.29) is 24.0 Å². The number of nitrogens with zero attached hydrogens (tertiary/aromatic N) is 4. The van der Waals surface area contributed by atoms with Gasteiger partial charge in [0, 0.05) is 45.8 Å². The number of rotatable bonds is 5. The molecule has 0 atom stereocenters. The molecule has 1 heterocycles. The Morgan fingerprint density at radius 2 is 1.71 bits per heavy atom. The fourth-order valence-corrected chi connectivity index (χ4v) is 2.95. The molecule has 134 valence electrons. The molecule has 24 heavy (non-hydrogen) atoms. The van der Waals surface area contributed by atoms with Gasteiger partial charge in [-0.1, -0.05) is 24.3 Å². The topological polar surface area (TPSA) is 48.1 Å². The smallest absolute Gasteiger partial charge is 0.191 e. The zero-order valence-corrected chi connectivity index (χ0v) is 17.1. The van der Waals surface area contributed by atoms with Gasteiger partial charge in [0.25, 0.3) is 0 Å². The SMILES string of the molecule is CN1CCN(Cc2ccc(CN=C(N)N(C)C3CC3)cc2)CC1.I. The monoisotopic (exact) mass is 443 g/mol. The summed E-state index contributed by atoms with van der Waals surface area (Å²) in [4.78, 5) is 11.5. The minimum atomic E-state index is 0. The quantitative estimate of drug-likeness (QED) is 0.430. The van der Waals surface area contributed by atoms with Crippen LogP contribution >= 0.6 is 24.0 Å². The lowest BCUT2D eigenvalue weighted by Gasteiger charge is -2.32. The molecular formula is C18H30IN5. The molecule has 2 fully saturated rings. The molecule has 1 saturated carbocycles. The van der Waals surface area contributed by atoms with Gasteiger partial charge in [0.1, 0.15) is 0 Å². The molecule has 0 aromatic heterocycles. The van der Waals surface area contributed by atoms with Gasteiger partial charge in [-0.25, -0.2) is 4.99 Å². The third kappa shape index (κ3) is 5.60. The first-order valence-corrected chi connectivity index (χ1v) is 8.63.